The minimum atomic E-state index is 0. The van der Waals surface area contributed by atoms with Crippen LogP contribution in [0.2, 0.25) is 0 Å². The van der Waals surface area contributed by atoms with Gasteiger partial charge in [0.2, 0.25) is 0 Å². The molecule has 0 heterocycles. The van der Waals surface area contributed by atoms with Crippen molar-refractivity contribution in [1.29, 1.82) is 0 Å². The van der Waals surface area contributed by atoms with Crippen LogP contribution >= 0.6 is 48.0 Å². The summed E-state index contributed by atoms with van der Waals surface area (Å²) in [6.45, 7) is 0.673. The van der Waals surface area contributed by atoms with Crippen LogP contribution in [-0.4, -0.2) is 34.3 Å². The standard InChI is InChI=1S/C32H30N4O2S4.Pd/c39-31(41-23-25-11-3-1-4-12-25)35-33-21-27-15-7-9-17-29(27)37-19-20-38-30-18-10-8-16-28(30)22-34-36-32(40)42-24-26-13-5-2-6-14-26;/h1-18,21-22H,19-20,23-24H2,(H2,35,36,39,40);/q;+2/p-2/b33-21-,34-22-;. The van der Waals surface area contributed by atoms with Gasteiger partial charge < -0.3 is 30.5 Å². The van der Waals surface area contributed by atoms with Crippen LogP contribution in [-0.2, 0) is 31.9 Å². The van der Waals surface area contributed by atoms with Crippen molar-refractivity contribution in [2.24, 2.45) is 10.2 Å². The second-order valence-electron chi connectivity index (χ2n) is 8.54. The first-order chi connectivity index (χ1) is 20.7. The fourth-order valence-corrected chi connectivity index (χ4v) is 5.14. The molecule has 0 fully saturated rings. The van der Waals surface area contributed by atoms with E-state index in [4.69, 9.17) is 33.9 Å². The van der Waals surface area contributed by atoms with E-state index in [1.54, 1.807) is 12.4 Å². The molecular weight excluding hydrogens is 707 g/mol. The van der Waals surface area contributed by atoms with Gasteiger partial charge in [0.15, 0.2) is 0 Å². The molecule has 0 aliphatic rings. The minimum absolute atomic E-state index is 0. The van der Waals surface area contributed by atoms with Gasteiger partial charge in [-0.05, 0) is 44.0 Å². The van der Waals surface area contributed by atoms with Gasteiger partial charge in [-0.1, -0.05) is 109 Å². The monoisotopic (exact) mass is 734 g/mol. The molecule has 6 nitrogen and oxygen atoms in total. The molecule has 0 aliphatic carbocycles. The summed E-state index contributed by atoms with van der Waals surface area (Å²) in [5, 5.41) is 8.32. The van der Waals surface area contributed by atoms with Crippen LogP contribution in [0.4, 0.5) is 0 Å². The summed E-state index contributed by atoms with van der Waals surface area (Å²) in [4.78, 5) is 0. The average Bonchev–Trinajstić information content (AvgIpc) is 3.03. The number of thioether (sulfide) groups is 2. The number of thiocarbonyl (C=S) groups is 2. The maximum Gasteiger partial charge on any atom is 2.00 e. The van der Waals surface area contributed by atoms with Crippen molar-refractivity contribution in [2.75, 3.05) is 13.2 Å². The van der Waals surface area contributed by atoms with E-state index in [0.717, 1.165) is 22.6 Å². The number of rotatable bonds is 13. The van der Waals surface area contributed by atoms with Gasteiger partial charge in [0.05, 0.1) is 0 Å². The average molecular weight is 735 g/mol. The van der Waals surface area contributed by atoms with Gasteiger partial charge in [-0.3, -0.25) is 0 Å². The molecular formula is C32H28N4O2PdS4. The zero-order valence-corrected chi connectivity index (χ0v) is 27.8. The Kier molecular flexibility index (Phi) is 16.0. The molecule has 222 valence electrons. The van der Waals surface area contributed by atoms with E-state index in [-0.39, 0.29) is 20.4 Å². The first-order valence-corrected chi connectivity index (χ1v) is 15.8. The Labute approximate surface area is 285 Å². The SMILES string of the molecule is S=C([N-]/N=C\c1ccccc1OCCOc1ccccc1/C=N\[N-]C(=S)SCc1ccccc1)SCc1ccccc1.[Pd+2]. The predicted octanol–water partition coefficient (Wildman–Crippen LogP) is 8.99. The van der Waals surface area contributed by atoms with Gasteiger partial charge in [-0.2, -0.15) is 0 Å². The van der Waals surface area contributed by atoms with Gasteiger partial charge in [0.25, 0.3) is 0 Å². The van der Waals surface area contributed by atoms with Crippen LogP contribution in [0.25, 0.3) is 10.9 Å². The third kappa shape index (κ3) is 13.0. The number of hydrogen-bond donors (Lipinski definition) is 0. The van der Waals surface area contributed by atoms with E-state index in [1.807, 2.05) is 84.9 Å². The largest absolute Gasteiger partial charge is 2.00 e. The number of benzene rings is 4. The molecule has 11 heteroatoms. The molecule has 43 heavy (non-hydrogen) atoms. The Morgan fingerprint density at radius 1 is 0.581 bits per heavy atom. The van der Waals surface area contributed by atoms with Crippen LogP contribution in [0.15, 0.2) is 119 Å². The topological polar surface area (TPSA) is 71.4 Å². The first-order valence-electron chi connectivity index (χ1n) is 13.0. The summed E-state index contributed by atoms with van der Waals surface area (Å²) in [7, 11) is 0. The van der Waals surface area contributed by atoms with E-state index < -0.39 is 0 Å². The van der Waals surface area contributed by atoms with Crippen LogP contribution in [0, 0.1) is 0 Å². The molecule has 4 aromatic rings. The van der Waals surface area contributed by atoms with E-state index in [9.17, 15) is 0 Å². The van der Waals surface area contributed by atoms with Crippen molar-refractivity contribution in [2.45, 2.75) is 11.5 Å². The van der Waals surface area contributed by atoms with Gasteiger partial charge in [-0.25, -0.2) is 0 Å². The van der Waals surface area contributed by atoms with Gasteiger partial charge in [0.1, 0.15) is 24.7 Å². The third-order valence-corrected chi connectivity index (χ3v) is 8.00. The van der Waals surface area contributed by atoms with Gasteiger partial charge in [-0.15, -0.1) is 23.5 Å². The normalized spacial score (nSPS) is 10.7. The number of ether oxygens (including phenoxy) is 2. The molecule has 0 aliphatic heterocycles. The molecule has 0 saturated carbocycles. The molecule has 0 radical (unpaired) electrons. The van der Waals surface area contributed by atoms with Crippen molar-refractivity contribution in [1.82, 2.24) is 0 Å². The first kappa shape index (κ1) is 34.5. The van der Waals surface area contributed by atoms with Crippen LogP contribution < -0.4 is 9.47 Å². The quantitative estimate of drug-likeness (QED) is 0.0449. The zero-order chi connectivity index (χ0) is 29.2. The number of nitrogens with zero attached hydrogens (tertiary/aromatic N) is 4. The Morgan fingerprint density at radius 3 is 1.37 bits per heavy atom. The second kappa shape index (κ2) is 20.0. The summed E-state index contributed by atoms with van der Waals surface area (Å²) in [5.74, 6) is 2.86. The fraction of sp³-hybridized carbons (Fsp3) is 0.125. The van der Waals surface area contributed by atoms with Crippen molar-refractivity contribution in [3.63, 3.8) is 0 Å². The Hall–Kier alpha value is -3.04. The molecule has 0 atom stereocenters. The molecule has 0 saturated heterocycles. The van der Waals surface area contributed by atoms with Gasteiger partial charge in [0, 0.05) is 35.1 Å². The van der Waals surface area contributed by atoms with Crippen molar-refractivity contribution in [3.8, 4) is 11.5 Å². The van der Waals surface area contributed by atoms with E-state index >= 15 is 0 Å². The smallest absolute Gasteiger partial charge is 0.561 e. The second-order valence-corrected chi connectivity index (χ2v) is 11.8. The van der Waals surface area contributed by atoms with Crippen molar-refractivity contribution < 1.29 is 29.9 Å². The summed E-state index contributed by atoms with van der Waals surface area (Å²) in [5.41, 5.74) is 12.2. The van der Waals surface area contributed by atoms with Crippen molar-refractivity contribution in [3.05, 3.63) is 142 Å². The molecule has 4 rings (SSSR count). The van der Waals surface area contributed by atoms with E-state index in [2.05, 4.69) is 45.3 Å². The van der Waals surface area contributed by atoms with Crippen molar-refractivity contribution >= 4 is 69.0 Å². The molecule has 0 amide bonds. The summed E-state index contributed by atoms with van der Waals surface area (Å²) < 4.78 is 12.9. The van der Waals surface area contributed by atoms with Crippen LogP contribution in [0.3, 0.4) is 0 Å². The zero-order valence-electron chi connectivity index (χ0n) is 22.9. The minimum Gasteiger partial charge on any atom is -0.561 e. The summed E-state index contributed by atoms with van der Waals surface area (Å²) in [6.07, 6.45) is 3.28. The molecule has 0 unspecified atom stereocenters. The summed E-state index contributed by atoms with van der Waals surface area (Å²) >= 11 is 13.6. The molecule has 0 N–H and O–H groups in total. The van der Waals surface area contributed by atoms with Gasteiger partial charge >= 0.3 is 20.4 Å². The molecule has 0 bridgehead atoms. The maximum absolute atomic E-state index is 5.97. The van der Waals surface area contributed by atoms with Crippen LogP contribution in [0.1, 0.15) is 22.3 Å². The summed E-state index contributed by atoms with van der Waals surface area (Å²) in [6, 6.07) is 35.5. The third-order valence-electron chi connectivity index (χ3n) is 5.52. The Morgan fingerprint density at radius 2 is 0.953 bits per heavy atom. The Bertz CT molecular complexity index is 1380. The number of hydrogen-bond acceptors (Lipinski definition) is 8. The molecule has 0 spiro atoms. The fourth-order valence-electron chi connectivity index (χ4n) is 3.51. The van der Waals surface area contributed by atoms with E-state index in [0.29, 0.717) is 33.4 Å². The predicted molar refractivity (Wildman–Crippen MR) is 186 cm³/mol. The molecule has 0 aromatic heterocycles. The molecule has 4 aromatic carbocycles. The number of para-hydroxylation sites is 2. The Balaban J connectivity index is 0.00000506. The van der Waals surface area contributed by atoms with Crippen LogP contribution in [0.5, 0.6) is 11.5 Å². The van der Waals surface area contributed by atoms with E-state index in [1.165, 1.54) is 34.7 Å². The maximum atomic E-state index is 5.97.